The van der Waals surface area contributed by atoms with Gasteiger partial charge < -0.3 is 20.1 Å². The fourth-order valence-corrected chi connectivity index (χ4v) is 2.52. The van der Waals surface area contributed by atoms with E-state index in [9.17, 15) is 9.59 Å². The monoisotopic (exact) mass is 332 g/mol. The molecule has 0 spiro atoms. The molecule has 0 aliphatic carbocycles. The van der Waals surface area contributed by atoms with Crippen molar-refractivity contribution in [1.29, 1.82) is 0 Å². The molecule has 1 aromatic carbocycles. The largest absolute Gasteiger partial charge is 0.494 e. The zero-order valence-corrected chi connectivity index (χ0v) is 14.3. The van der Waals surface area contributed by atoms with Gasteiger partial charge in [0.1, 0.15) is 5.75 Å². The van der Waals surface area contributed by atoms with Crippen LogP contribution in [0.5, 0.6) is 5.75 Å². The minimum Gasteiger partial charge on any atom is -0.494 e. The Morgan fingerprint density at radius 2 is 1.92 bits per heavy atom. The maximum Gasteiger partial charge on any atom is 0.338 e. The van der Waals surface area contributed by atoms with E-state index in [1.165, 1.54) is 0 Å². The van der Waals surface area contributed by atoms with Gasteiger partial charge in [0.25, 0.3) is 0 Å². The van der Waals surface area contributed by atoms with E-state index in [1.54, 1.807) is 6.92 Å². The number of esters is 1. The Morgan fingerprint density at radius 1 is 1.21 bits per heavy atom. The van der Waals surface area contributed by atoms with Gasteiger partial charge in [-0.2, -0.15) is 0 Å². The van der Waals surface area contributed by atoms with Crippen LogP contribution in [-0.4, -0.2) is 25.2 Å². The minimum atomic E-state index is -0.538. The van der Waals surface area contributed by atoms with Crippen LogP contribution in [0.25, 0.3) is 0 Å². The summed E-state index contributed by atoms with van der Waals surface area (Å²) in [6.45, 7) is 6.60. The summed E-state index contributed by atoms with van der Waals surface area (Å²) in [7, 11) is 0. The molecule has 0 bridgehead atoms. The van der Waals surface area contributed by atoms with Crippen molar-refractivity contribution in [2.75, 3.05) is 13.2 Å². The number of unbranched alkanes of at least 4 members (excludes halogenated alkanes) is 1. The van der Waals surface area contributed by atoms with Gasteiger partial charge in [0.2, 0.25) is 0 Å². The highest BCUT2D eigenvalue weighted by Crippen LogP contribution is 2.28. The van der Waals surface area contributed by atoms with E-state index in [1.807, 2.05) is 38.1 Å². The van der Waals surface area contributed by atoms with Gasteiger partial charge in [-0.1, -0.05) is 25.5 Å². The maximum atomic E-state index is 12.4. The summed E-state index contributed by atoms with van der Waals surface area (Å²) in [4.78, 5) is 24.3. The number of amides is 2. The molecule has 1 atom stereocenters. The molecule has 24 heavy (non-hydrogen) atoms. The van der Waals surface area contributed by atoms with E-state index in [2.05, 4.69) is 10.6 Å². The van der Waals surface area contributed by atoms with Gasteiger partial charge >= 0.3 is 12.0 Å². The number of carbonyl (C=O) groups excluding carboxylic acids is 2. The van der Waals surface area contributed by atoms with Gasteiger partial charge in [-0.15, -0.1) is 0 Å². The number of benzene rings is 1. The van der Waals surface area contributed by atoms with E-state index in [-0.39, 0.29) is 6.03 Å². The number of rotatable bonds is 7. The summed E-state index contributed by atoms with van der Waals surface area (Å²) < 4.78 is 10.8. The SMILES string of the molecule is CCCCOC(=O)C1=C(C)NC(=O)NC1c1ccc(OCC)cc1. The zero-order chi connectivity index (χ0) is 17.5. The highest BCUT2D eigenvalue weighted by Gasteiger charge is 2.32. The van der Waals surface area contributed by atoms with E-state index < -0.39 is 12.0 Å². The lowest BCUT2D eigenvalue weighted by Gasteiger charge is -2.28. The number of allylic oxidation sites excluding steroid dienone is 1. The summed E-state index contributed by atoms with van der Waals surface area (Å²) in [5, 5.41) is 5.42. The van der Waals surface area contributed by atoms with Crippen molar-refractivity contribution < 1.29 is 19.1 Å². The lowest BCUT2D eigenvalue weighted by atomic mass is 9.95. The second-order valence-electron chi connectivity index (χ2n) is 5.56. The third kappa shape index (κ3) is 4.28. The molecular formula is C18H24N2O4. The lowest BCUT2D eigenvalue weighted by molar-refractivity contribution is -0.139. The molecule has 6 heteroatoms. The van der Waals surface area contributed by atoms with E-state index >= 15 is 0 Å². The Bertz CT molecular complexity index is 622. The number of hydrogen-bond donors (Lipinski definition) is 2. The van der Waals surface area contributed by atoms with Gasteiger partial charge in [-0.05, 0) is 38.0 Å². The molecule has 2 rings (SSSR count). The van der Waals surface area contributed by atoms with E-state index in [0.29, 0.717) is 24.5 Å². The van der Waals surface area contributed by atoms with Crippen LogP contribution in [0.2, 0.25) is 0 Å². The standard InChI is InChI=1S/C18H24N2O4/c1-4-6-11-24-17(21)15-12(3)19-18(22)20-16(15)13-7-9-14(10-8-13)23-5-2/h7-10,16H,4-6,11H2,1-3H3,(H2,19,20,22). The van der Waals surface area contributed by atoms with Crippen LogP contribution in [0, 0.1) is 0 Å². The summed E-state index contributed by atoms with van der Waals surface area (Å²) in [6, 6.07) is 6.45. The number of urea groups is 1. The second kappa shape index (κ2) is 8.38. The third-order valence-corrected chi connectivity index (χ3v) is 3.74. The van der Waals surface area contributed by atoms with Crippen molar-refractivity contribution >= 4 is 12.0 Å². The Kier molecular flexibility index (Phi) is 6.23. The molecule has 130 valence electrons. The molecule has 0 radical (unpaired) electrons. The summed E-state index contributed by atoms with van der Waals surface area (Å²) in [5.74, 6) is 0.335. The van der Waals surface area contributed by atoms with Crippen molar-refractivity contribution in [2.24, 2.45) is 0 Å². The van der Waals surface area contributed by atoms with Crippen LogP contribution < -0.4 is 15.4 Å². The predicted octanol–water partition coefficient (Wildman–Crippen LogP) is 3.06. The highest BCUT2D eigenvalue weighted by molar-refractivity contribution is 5.95. The second-order valence-corrected chi connectivity index (χ2v) is 5.56. The topological polar surface area (TPSA) is 76.7 Å². The molecule has 6 nitrogen and oxygen atoms in total. The van der Waals surface area contributed by atoms with Crippen molar-refractivity contribution in [2.45, 2.75) is 39.7 Å². The summed E-state index contributed by atoms with van der Waals surface area (Å²) in [5.41, 5.74) is 1.74. The van der Waals surface area contributed by atoms with E-state index in [4.69, 9.17) is 9.47 Å². The van der Waals surface area contributed by atoms with E-state index in [0.717, 1.165) is 24.2 Å². The van der Waals surface area contributed by atoms with Crippen molar-refractivity contribution in [3.05, 3.63) is 41.1 Å². The molecule has 2 amide bonds. The van der Waals surface area contributed by atoms with Gasteiger partial charge in [0.15, 0.2) is 0 Å². The van der Waals surface area contributed by atoms with Crippen molar-refractivity contribution in [3.8, 4) is 5.75 Å². The normalized spacial score (nSPS) is 17.1. The van der Waals surface area contributed by atoms with Crippen LogP contribution in [0.1, 0.15) is 45.2 Å². The Balaban J connectivity index is 2.25. The molecule has 1 aliphatic heterocycles. The first-order valence-electron chi connectivity index (χ1n) is 8.25. The average Bonchev–Trinajstić information content (AvgIpc) is 2.55. The molecule has 0 saturated heterocycles. The molecule has 1 aliphatic rings. The van der Waals surface area contributed by atoms with Crippen LogP contribution in [0.15, 0.2) is 35.5 Å². The van der Waals surface area contributed by atoms with Crippen LogP contribution >= 0.6 is 0 Å². The molecule has 0 fully saturated rings. The first-order valence-corrected chi connectivity index (χ1v) is 8.25. The quantitative estimate of drug-likeness (QED) is 0.594. The third-order valence-electron chi connectivity index (χ3n) is 3.74. The lowest BCUT2D eigenvalue weighted by Crippen LogP contribution is -2.45. The molecule has 0 saturated carbocycles. The van der Waals surface area contributed by atoms with Crippen LogP contribution in [0.4, 0.5) is 4.79 Å². The maximum absolute atomic E-state index is 12.4. The molecular weight excluding hydrogens is 308 g/mol. The fraction of sp³-hybridized carbons (Fsp3) is 0.444. The summed E-state index contributed by atoms with van der Waals surface area (Å²) in [6.07, 6.45) is 1.76. The highest BCUT2D eigenvalue weighted by atomic mass is 16.5. The fourth-order valence-electron chi connectivity index (χ4n) is 2.52. The first-order chi connectivity index (χ1) is 11.6. The van der Waals surface area contributed by atoms with Crippen molar-refractivity contribution in [3.63, 3.8) is 0 Å². The predicted molar refractivity (Wildman–Crippen MR) is 90.6 cm³/mol. The Labute approximate surface area is 142 Å². The molecule has 2 N–H and O–H groups in total. The van der Waals surface area contributed by atoms with Gasteiger partial charge in [-0.3, -0.25) is 0 Å². The zero-order valence-electron chi connectivity index (χ0n) is 14.3. The van der Waals surface area contributed by atoms with Crippen molar-refractivity contribution in [1.82, 2.24) is 10.6 Å². The van der Waals surface area contributed by atoms with Crippen LogP contribution in [0.3, 0.4) is 0 Å². The average molecular weight is 332 g/mol. The van der Waals surface area contributed by atoms with Gasteiger partial charge in [0.05, 0.1) is 24.8 Å². The summed E-state index contributed by atoms with van der Waals surface area (Å²) >= 11 is 0. The number of ether oxygens (including phenoxy) is 2. The van der Waals surface area contributed by atoms with Gasteiger partial charge in [0, 0.05) is 5.70 Å². The minimum absolute atomic E-state index is 0.337. The first kappa shape index (κ1) is 17.8. The van der Waals surface area contributed by atoms with Crippen LogP contribution in [-0.2, 0) is 9.53 Å². The Morgan fingerprint density at radius 3 is 2.54 bits per heavy atom. The molecule has 1 aromatic rings. The smallest absolute Gasteiger partial charge is 0.338 e. The molecule has 1 heterocycles. The number of hydrogen-bond acceptors (Lipinski definition) is 4. The Hall–Kier alpha value is -2.50. The number of carbonyl (C=O) groups is 2. The number of nitrogens with one attached hydrogen (secondary N) is 2. The van der Waals surface area contributed by atoms with Gasteiger partial charge in [-0.25, -0.2) is 9.59 Å². The molecule has 1 unspecified atom stereocenters. The molecule has 0 aromatic heterocycles.